The van der Waals surface area contributed by atoms with Crippen LogP contribution in [0.1, 0.15) is 13.3 Å². The molecule has 1 saturated carbocycles. The van der Waals surface area contributed by atoms with Gasteiger partial charge in [-0.1, -0.05) is 22.9 Å². The Morgan fingerprint density at radius 3 is 2.87 bits per heavy atom. The summed E-state index contributed by atoms with van der Waals surface area (Å²) < 4.78 is 12.7. The van der Waals surface area contributed by atoms with Gasteiger partial charge >= 0.3 is 0 Å². The number of nitrogens with one attached hydrogen (secondary N) is 1. The highest BCUT2D eigenvalue weighted by Gasteiger charge is 2.52. The molecule has 0 radical (unpaired) electrons. The number of hydrogen-bond acceptors (Lipinski definition) is 6. The first-order chi connectivity index (χ1) is 15.1. The number of amides is 1. The lowest BCUT2D eigenvalue weighted by Crippen LogP contribution is -2.44. The molecule has 0 bridgehead atoms. The second-order valence-electron chi connectivity index (χ2n) is 8.12. The van der Waals surface area contributed by atoms with Crippen molar-refractivity contribution in [2.45, 2.75) is 19.4 Å². The molecule has 1 N–H and O–H groups in total. The lowest BCUT2D eigenvalue weighted by molar-refractivity contribution is -0.130. The fourth-order valence-corrected chi connectivity index (χ4v) is 5.30. The van der Waals surface area contributed by atoms with E-state index in [1.165, 1.54) is 17.8 Å². The van der Waals surface area contributed by atoms with Crippen LogP contribution >= 0.6 is 22.9 Å². The van der Waals surface area contributed by atoms with Crippen molar-refractivity contribution in [3.8, 4) is 16.7 Å². The van der Waals surface area contributed by atoms with Crippen LogP contribution in [-0.4, -0.2) is 48.1 Å². The van der Waals surface area contributed by atoms with Gasteiger partial charge in [0.1, 0.15) is 18.1 Å². The number of aromatic nitrogens is 1. The second-order valence-corrected chi connectivity index (χ2v) is 9.55. The Kier molecular flexibility index (Phi) is 5.73. The van der Waals surface area contributed by atoms with E-state index in [1.54, 1.807) is 6.92 Å². The molecule has 0 spiro atoms. The van der Waals surface area contributed by atoms with Gasteiger partial charge in [0.25, 0.3) is 5.19 Å². The monoisotopic (exact) mass is 457 g/mol. The molecule has 1 aliphatic carbocycles. The zero-order valence-corrected chi connectivity index (χ0v) is 18.8. The van der Waals surface area contributed by atoms with Crippen LogP contribution in [0.4, 0.5) is 0 Å². The molecule has 3 unspecified atom stereocenters. The number of benzene rings is 2. The third-order valence-corrected chi connectivity index (χ3v) is 7.12. The average Bonchev–Trinajstić information content (AvgIpc) is 3.26. The molecular weight excluding hydrogens is 434 g/mol. The summed E-state index contributed by atoms with van der Waals surface area (Å²) in [6.45, 7) is 4.75. The highest BCUT2D eigenvalue weighted by Crippen LogP contribution is 2.49. The summed E-state index contributed by atoms with van der Waals surface area (Å²) in [4.78, 5) is 18.2. The molecule has 31 heavy (non-hydrogen) atoms. The average molecular weight is 458 g/mol. The van der Waals surface area contributed by atoms with Gasteiger partial charge in [-0.05, 0) is 60.7 Å². The van der Waals surface area contributed by atoms with Gasteiger partial charge in [0.15, 0.2) is 0 Å². The third-order valence-electron chi connectivity index (χ3n) is 5.97. The first kappa shape index (κ1) is 20.5. The summed E-state index contributed by atoms with van der Waals surface area (Å²) >= 11 is 7.50. The molecule has 3 atom stereocenters. The minimum Gasteiger partial charge on any atom is -0.492 e. The topological polar surface area (TPSA) is 63.7 Å². The van der Waals surface area contributed by atoms with Crippen LogP contribution in [0.25, 0.3) is 10.2 Å². The molecule has 2 aromatic carbocycles. The zero-order valence-electron chi connectivity index (χ0n) is 17.2. The Labute approximate surface area is 190 Å². The lowest BCUT2D eigenvalue weighted by Gasteiger charge is -2.26. The van der Waals surface area contributed by atoms with Crippen LogP contribution in [0, 0.1) is 11.8 Å². The first-order valence-electron chi connectivity index (χ1n) is 10.5. The van der Waals surface area contributed by atoms with Crippen molar-refractivity contribution < 1.29 is 14.3 Å². The van der Waals surface area contributed by atoms with Crippen molar-refractivity contribution in [3.63, 3.8) is 0 Å². The summed E-state index contributed by atoms with van der Waals surface area (Å²) in [6, 6.07) is 13.5. The standard InChI is InChI=1S/C23H24ClN3O3S/c1-14(28)27-13-15-10-19(15)21(27)12-25-8-9-29-17-3-5-18(6-4-17)30-23-26-20-11-16(24)2-7-22(20)31-23/h2-7,11,15,19,21,25H,8-10,12-13H2,1H3. The number of rotatable bonds is 8. The van der Waals surface area contributed by atoms with E-state index in [0.29, 0.717) is 34.5 Å². The van der Waals surface area contributed by atoms with Crippen LogP contribution in [0.5, 0.6) is 16.7 Å². The number of halogens is 1. The molecule has 1 amide bonds. The molecule has 5 rings (SSSR count). The predicted molar refractivity (Wildman–Crippen MR) is 122 cm³/mol. The van der Waals surface area contributed by atoms with Crippen LogP contribution in [-0.2, 0) is 4.79 Å². The maximum absolute atomic E-state index is 11.8. The highest BCUT2D eigenvalue weighted by molar-refractivity contribution is 7.20. The van der Waals surface area contributed by atoms with Gasteiger partial charge in [0, 0.05) is 37.6 Å². The van der Waals surface area contributed by atoms with E-state index in [0.717, 1.165) is 41.5 Å². The predicted octanol–water partition coefficient (Wildman–Crippen LogP) is 4.58. The second kappa shape index (κ2) is 8.65. The van der Waals surface area contributed by atoms with Gasteiger partial charge in [-0.2, -0.15) is 0 Å². The first-order valence-corrected chi connectivity index (χ1v) is 11.7. The number of hydrogen-bond donors (Lipinski definition) is 1. The molecule has 2 aliphatic rings. The molecule has 8 heteroatoms. The van der Waals surface area contributed by atoms with Crippen molar-refractivity contribution in [2.75, 3.05) is 26.2 Å². The molecule has 6 nitrogen and oxygen atoms in total. The minimum atomic E-state index is 0.187. The Morgan fingerprint density at radius 2 is 2.06 bits per heavy atom. The quantitative estimate of drug-likeness (QED) is 0.502. The Bertz CT molecular complexity index is 1090. The molecule has 162 valence electrons. The normalized spacial score (nSPS) is 21.9. The van der Waals surface area contributed by atoms with Gasteiger partial charge in [0.2, 0.25) is 5.91 Å². The molecule has 2 fully saturated rings. The van der Waals surface area contributed by atoms with E-state index in [4.69, 9.17) is 21.1 Å². The van der Waals surface area contributed by atoms with E-state index in [-0.39, 0.29) is 5.91 Å². The van der Waals surface area contributed by atoms with Crippen LogP contribution in [0.2, 0.25) is 5.02 Å². The van der Waals surface area contributed by atoms with E-state index >= 15 is 0 Å². The minimum absolute atomic E-state index is 0.187. The molecule has 2 heterocycles. The van der Waals surface area contributed by atoms with Crippen LogP contribution in [0.15, 0.2) is 42.5 Å². The summed E-state index contributed by atoms with van der Waals surface area (Å²) in [5.74, 6) is 3.11. The highest BCUT2D eigenvalue weighted by atomic mass is 35.5. The van der Waals surface area contributed by atoms with E-state index < -0.39 is 0 Å². The number of nitrogens with zero attached hydrogens (tertiary/aromatic N) is 2. The SMILES string of the molecule is CC(=O)N1CC2CC2C1CNCCOc1ccc(Oc2nc3cc(Cl)ccc3s2)cc1. The molecule has 1 aliphatic heterocycles. The van der Waals surface area contributed by atoms with Crippen LogP contribution in [0.3, 0.4) is 0 Å². The summed E-state index contributed by atoms with van der Waals surface area (Å²) in [7, 11) is 0. The summed E-state index contributed by atoms with van der Waals surface area (Å²) in [6.07, 6.45) is 1.27. The van der Waals surface area contributed by atoms with E-state index in [9.17, 15) is 4.79 Å². The summed E-state index contributed by atoms with van der Waals surface area (Å²) in [5, 5.41) is 4.69. The van der Waals surface area contributed by atoms with Crippen LogP contribution < -0.4 is 14.8 Å². The Morgan fingerprint density at radius 1 is 1.26 bits per heavy atom. The van der Waals surface area contributed by atoms with Gasteiger partial charge in [-0.15, -0.1) is 0 Å². The van der Waals surface area contributed by atoms with Crippen molar-refractivity contribution in [2.24, 2.45) is 11.8 Å². The fraction of sp³-hybridized carbons (Fsp3) is 0.391. The van der Waals surface area contributed by atoms with Gasteiger partial charge < -0.3 is 19.7 Å². The number of likely N-dealkylation sites (tertiary alicyclic amines) is 1. The maximum Gasteiger partial charge on any atom is 0.279 e. The molecule has 1 saturated heterocycles. The Balaban J connectivity index is 1.07. The smallest absolute Gasteiger partial charge is 0.279 e. The fourth-order valence-electron chi connectivity index (χ4n) is 4.31. The molecular formula is C23H24ClN3O3S. The van der Waals surface area contributed by atoms with Gasteiger partial charge in [0.05, 0.1) is 10.2 Å². The number of piperidine rings is 1. The molecule has 1 aromatic heterocycles. The van der Waals surface area contributed by atoms with Crippen molar-refractivity contribution in [1.82, 2.24) is 15.2 Å². The lowest BCUT2D eigenvalue weighted by atomic mass is 10.2. The van der Waals surface area contributed by atoms with E-state index in [1.807, 2.05) is 47.4 Å². The zero-order chi connectivity index (χ0) is 21.4. The number of fused-ring (bicyclic) bond motifs is 2. The largest absolute Gasteiger partial charge is 0.492 e. The molecule has 3 aromatic rings. The number of ether oxygens (including phenoxy) is 2. The van der Waals surface area contributed by atoms with Gasteiger partial charge in [-0.3, -0.25) is 4.79 Å². The van der Waals surface area contributed by atoms with Crippen molar-refractivity contribution in [1.29, 1.82) is 0 Å². The Hall–Kier alpha value is -2.35. The summed E-state index contributed by atoms with van der Waals surface area (Å²) in [5.41, 5.74) is 0.834. The van der Waals surface area contributed by atoms with Gasteiger partial charge in [-0.25, -0.2) is 4.98 Å². The number of thiazole rings is 1. The van der Waals surface area contributed by atoms with E-state index in [2.05, 4.69) is 10.3 Å². The number of carbonyl (C=O) groups excluding carboxylic acids is 1. The van der Waals surface area contributed by atoms with Crippen molar-refractivity contribution in [3.05, 3.63) is 47.5 Å². The number of carbonyl (C=O) groups is 1. The maximum atomic E-state index is 11.8. The third kappa shape index (κ3) is 4.63. The van der Waals surface area contributed by atoms with Crippen molar-refractivity contribution >= 4 is 39.1 Å².